The maximum atomic E-state index is 13.0. The summed E-state index contributed by atoms with van der Waals surface area (Å²) >= 11 is 0. The van der Waals surface area contributed by atoms with Crippen LogP contribution in [0.3, 0.4) is 0 Å². The van der Waals surface area contributed by atoms with Gasteiger partial charge in [0.25, 0.3) is 11.5 Å². The topological polar surface area (TPSA) is 96.4 Å². The number of aromatic amines is 1. The van der Waals surface area contributed by atoms with E-state index in [2.05, 4.69) is 15.1 Å². The number of piperidine rings is 1. The predicted molar refractivity (Wildman–Crippen MR) is 96.1 cm³/mol. The third-order valence-corrected chi connectivity index (χ3v) is 6.01. The minimum Gasteiger partial charge on any atom is -0.370 e. The monoisotopic (exact) mass is 424 g/mol. The van der Waals surface area contributed by atoms with Gasteiger partial charge in [0, 0.05) is 25.2 Å². The Bertz CT molecular complexity index is 1070. The molecule has 2 bridgehead atoms. The van der Waals surface area contributed by atoms with E-state index in [1.807, 2.05) is 0 Å². The lowest BCUT2D eigenvalue weighted by Crippen LogP contribution is -2.70. The van der Waals surface area contributed by atoms with Gasteiger partial charge in [0.2, 0.25) is 5.95 Å². The Kier molecular flexibility index (Phi) is 4.26. The zero-order valence-corrected chi connectivity index (χ0v) is 16.1. The number of alkyl halides is 3. The van der Waals surface area contributed by atoms with E-state index in [4.69, 9.17) is 4.74 Å². The van der Waals surface area contributed by atoms with E-state index in [9.17, 15) is 22.8 Å². The molecule has 2 aromatic heterocycles. The number of aromatic nitrogens is 4. The Morgan fingerprint density at radius 3 is 2.73 bits per heavy atom. The molecule has 30 heavy (non-hydrogen) atoms. The third kappa shape index (κ3) is 3.10. The van der Waals surface area contributed by atoms with Crippen LogP contribution in [0.2, 0.25) is 0 Å². The number of nitrogens with zero attached hydrogens (tertiary/aromatic N) is 5. The Balaban J connectivity index is 1.35. The van der Waals surface area contributed by atoms with E-state index in [0.29, 0.717) is 28.9 Å². The van der Waals surface area contributed by atoms with Gasteiger partial charge in [-0.2, -0.15) is 18.3 Å². The Morgan fingerprint density at radius 2 is 2.03 bits per heavy atom. The molecule has 2 aromatic rings. The molecule has 3 saturated heterocycles. The SMILES string of the molecule is Cc1c(C(=O)N2CC3CC(C2)N3CC(F)(F)F)cnn1-c1nc2c(c(=O)[nH]1)COC2. The van der Waals surface area contributed by atoms with E-state index in [1.165, 1.54) is 15.8 Å². The van der Waals surface area contributed by atoms with Crippen molar-refractivity contribution in [1.29, 1.82) is 0 Å². The molecular formula is C18H19F3N6O3. The van der Waals surface area contributed by atoms with Gasteiger partial charge in [0.15, 0.2) is 0 Å². The molecular weight excluding hydrogens is 405 g/mol. The average Bonchev–Trinajstić information content (AvgIpc) is 3.32. The molecule has 0 saturated carbocycles. The molecule has 9 nitrogen and oxygen atoms in total. The van der Waals surface area contributed by atoms with Crippen molar-refractivity contribution in [1.82, 2.24) is 29.5 Å². The van der Waals surface area contributed by atoms with Crippen molar-refractivity contribution in [3.8, 4) is 5.95 Å². The van der Waals surface area contributed by atoms with Crippen molar-refractivity contribution < 1.29 is 22.7 Å². The summed E-state index contributed by atoms with van der Waals surface area (Å²) in [4.78, 5) is 35.2. The smallest absolute Gasteiger partial charge is 0.370 e. The van der Waals surface area contributed by atoms with Gasteiger partial charge >= 0.3 is 6.18 Å². The first kappa shape index (κ1) is 19.2. The number of carbonyl (C=O) groups excluding carboxylic acids is 1. The first-order valence-electron chi connectivity index (χ1n) is 9.58. The fourth-order valence-corrected chi connectivity index (χ4v) is 4.47. The standard InChI is InChI=1S/C18H19F3N6O3/c1-9-12(3-22-27(9)17-23-14-7-30-6-13(14)15(28)24-17)16(29)25-4-10-2-11(5-25)26(10)8-18(19,20)21/h3,10-11H,2,4-8H2,1H3,(H,23,24,28). The minimum absolute atomic E-state index is 0.193. The Morgan fingerprint density at radius 1 is 1.30 bits per heavy atom. The van der Waals surface area contributed by atoms with Crippen LogP contribution in [0.25, 0.3) is 5.95 Å². The molecule has 0 radical (unpaired) electrons. The number of hydrogen-bond acceptors (Lipinski definition) is 6. The average molecular weight is 424 g/mol. The van der Waals surface area contributed by atoms with E-state index in [0.717, 1.165) is 0 Å². The molecule has 0 spiro atoms. The largest absolute Gasteiger partial charge is 0.401 e. The number of H-pyrrole nitrogens is 1. The highest BCUT2D eigenvalue weighted by atomic mass is 19.4. The van der Waals surface area contributed by atoms with Crippen molar-refractivity contribution in [3.63, 3.8) is 0 Å². The van der Waals surface area contributed by atoms with Gasteiger partial charge in [-0.15, -0.1) is 0 Å². The number of ether oxygens (including phenoxy) is 1. The third-order valence-electron chi connectivity index (χ3n) is 6.01. The molecule has 2 atom stereocenters. The molecule has 0 aliphatic carbocycles. The van der Waals surface area contributed by atoms with Gasteiger partial charge in [-0.05, 0) is 13.3 Å². The number of fused-ring (bicyclic) bond motifs is 3. The molecule has 12 heteroatoms. The van der Waals surface area contributed by atoms with Crippen molar-refractivity contribution in [2.45, 2.75) is 44.8 Å². The number of nitrogens with one attached hydrogen (secondary N) is 1. The molecule has 160 valence electrons. The van der Waals surface area contributed by atoms with E-state index >= 15 is 0 Å². The van der Waals surface area contributed by atoms with Crippen LogP contribution in [-0.4, -0.2) is 73.3 Å². The van der Waals surface area contributed by atoms with Gasteiger partial charge in [-0.3, -0.25) is 19.5 Å². The van der Waals surface area contributed by atoms with Crippen molar-refractivity contribution in [2.75, 3.05) is 19.6 Å². The fraction of sp³-hybridized carbons (Fsp3) is 0.556. The van der Waals surface area contributed by atoms with Crippen LogP contribution in [0, 0.1) is 6.92 Å². The minimum atomic E-state index is -4.24. The predicted octanol–water partition coefficient (Wildman–Crippen LogP) is 0.755. The van der Waals surface area contributed by atoms with Gasteiger partial charge in [-0.1, -0.05) is 0 Å². The van der Waals surface area contributed by atoms with Gasteiger partial charge in [-0.25, -0.2) is 9.67 Å². The highest BCUT2D eigenvalue weighted by molar-refractivity contribution is 5.95. The molecule has 1 N–H and O–H groups in total. The second kappa shape index (κ2) is 6.64. The van der Waals surface area contributed by atoms with Crippen LogP contribution < -0.4 is 5.56 Å². The van der Waals surface area contributed by atoms with E-state index < -0.39 is 12.7 Å². The second-order valence-electron chi connectivity index (χ2n) is 7.90. The highest BCUT2D eigenvalue weighted by Gasteiger charge is 2.49. The maximum absolute atomic E-state index is 13.0. The molecule has 0 aromatic carbocycles. The number of carbonyl (C=O) groups is 1. The van der Waals surface area contributed by atoms with E-state index in [1.54, 1.807) is 11.8 Å². The Labute approximate surface area is 168 Å². The number of piperazine rings is 1. The molecule has 2 unspecified atom stereocenters. The van der Waals surface area contributed by atoms with Crippen LogP contribution >= 0.6 is 0 Å². The highest BCUT2D eigenvalue weighted by Crippen LogP contribution is 2.35. The second-order valence-corrected chi connectivity index (χ2v) is 7.90. The summed E-state index contributed by atoms with van der Waals surface area (Å²) < 4.78 is 44.8. The summed E-state index contributed by atoms with van der Waals surface area (Å²) in [5.41, 5.74) is 1.54. The lowest BCUT2D eigenvalue weighted by Gasteiger charge is -2.56. The summed E-state index contributed by atoms with van der Waals surface area (Å²) in [6.45, 7) is 1.70. The molecule has 3 fully saturated rings. The summed E-state index contributed by atoms with van der Waals surface area (Å²) in [5.74, 6) is -0.0920. The quantitative estimate of drug-likeness (QED) is 0.782. The summed E-state index contributed by atoms with van der Waals surface area (Å²) in [6, 6.07) is -0.557. The molecule has 4 aliphatic heterocycles. The number of halogens is 3. The van der Waals surface area contributed by atoms with Crippen LogP contribution in [-0.2, 0) is 18.0 Å². The van der Waals surface area contributed by atoms with Gasteiger partial charge in [0.05, 0.1) is 48.5 Å². The lowest BCUT2D eigenvalue weighted by molar-refractivity contribution is -0.184. The van der Waals surface area contributed by atoms with Crippen LogP contribution in [0.4, 0.5) is 13.2 Å². The van der Waals surface area contributed by atoms with Crippen molar-refractivity contribution >= 4 is 5.91 Å². The van der Waals surface area contributed by atoms with Crippen LogP contribution in [0.5, 0.6) is 0 Å². The van der Waals surface area contributed by atoms with Crippen LogP contribution in [0.1, 0.15) is 33.7 Å². The van der Waals surface area contributed by atoms with Gasteiger partial charge in [0.1, 0.15) is 0 Å². The Hall–Kier alpha value is -2.73. The van der Waals surface area contributed by atoms with Gasteiger partial charge < -0.3 is 9.64 Å². The normalized spacial score (nSPS) is 23.4. The molecule has 4 aliphatic rings. The fourth-order valence-electron chi connectivity index (χ4n) is 4.47. The zero-order chi connectivity index (χ0) is 21.2. The van der Waals surface area contributed by atoms with Crippen LogP contribution in [0.15, 0.2) is 11.0 Å². The summed E-state index contributed by atoms with van der Waals surface area (Å²) in [5, 5.41) is 4.20. The number of rotatable bonds is 3. The first-order valence-corrected chi connectivity index (χ1v) is 9.58. The summed E-state index contributed by atoms with van der Waals surface area (Å²) in [6.07, 6.45) is -2.18. The number of hydrogen-bond donors (Lipinski definition) is 1. The van der Waals surface area contributed by atoms with Crippen molar-refractivity contribution in [3.05, 3.63) is 39.1 Å². The lowest BCUT2D eigenvalue weighted by atomic mass is 9.87. The van der Waals surface area contributed by atoms with Crippen molar-refractivity contribution in [2.24, 2.45) is 0 Å². The number of amides is 1. The zero-order valence-electron chi connectivity index (χ0n) is 16.1. The first-order chi connectivity index (χ1) is 14.2. The molecule has 6 rings (SSSR count). The summed E-state index contributed by atoms with van der Waals surface area (Å²) in [7, 11) is 0. The molecule has 6 heterocycles. The van der Waals surface area contributed by atoms with E-state index in [-0.39, 0.29) is 55.8 Å². The maximum Gasteiger partial charge on any atom is 0.401 e. The molecule has 1 amide bonds.